The summed E-state index contributed by atoms with van der Waals surface area (Å²) >= 11 is 0. The van der Waals surface area contributed by atoms with Gasteiger partial charge in [-0.2, -0.15) is 8.78 Å². The molecule has 5 heteroatoms. The highest BCUT2D eigenvalue weighted by atomic mass is 19.3. The van der Waals surface area contributed by atoms with Crippen LogP contribution >= 0.6 is 0 Å². The highest BCUT2D eigenvalue weighted by Gasteiger charge is 2.30. The minimum Gasteiger partial charge on any atom is -0.305 e. The summed E-state index contributed by atoms with van der Waals surface area (Å²) in [6.45, 7) is 0. The lowest BCUT2D eigenvalue weighted by atomic mass is 10.2. The molecule has 1 amide bonds. The Morgan fingerprint density at radius 2 is 1.93 bits per heavy atom. The van der Waals surface area contributed by atoms with Gasteiger partial charge in [0, 0.05) is 12.7 Å². The first-order valence-corrected chi connectivity index (χ1v) is 3.86. The van der Waals surface area contributed by atoms with Crippen molar-refractivity contribution in [1.82, 2.24) is 5.32 Å². The average molecular weight is 201 g/mol. The summed E-state index contributed by atoms with van der Waals surface area (Å²) in [7, 11) is 0.811. The van der Waals surface area contributed by atoms with E-state index >= 15 is 0 Å². The molecule has 0 fully saturated rings. The van der Waals surface area contributed by atoms with Gasteiger partial charge in [-0.3, -0.25) is 10.1 Å². The normalized spacial score (nSPS) is 11.1. The van der Waals surface area contributed by atoms with Gasteiger partial charge >= 0.3 is 6.23 Å². The second-order valence-corrected chi connectivity index (χ2v) is 2.54. The monoisotopic (exact) mass is 201 g/mol. The van der Waals surface area contributed by atoms with E-state index in [4.69, 9.17) is 0 Å². The summed E-state index contributed by atoms with van der Waals surface area (Å²) in [6, 6.07) is 7.72. The molecule has 0 aliphatic heterocycles. The SMILES string of the molecule is COC(F)(F)NC(=O)c1ccccc1. The van der Waals surface area contributed by atoms with Gasteiger partial charge in [-0.15, -0.1) is 0 Å². The van der Waals surface area contributed by atoms with Crippen LogP contribution < -0.4 is 5.32 Å². The van der Waals surface area contributed by atoms with Gasteiger partial charge in [0.1, 0.15) is 0 Å². The number of rotatable bonds is 3. The van der Waals surface area contributed by atoms with Crippen molar-refractivity contribution >= 4 is 5.91 Å². The second-order valence-electron chi connectivity index (χ2n) is 2.54. The van der Waals surface area contributed by atoms with E-state index in [-0.39, 0.29) is 5.56 Å². The number of amides is 1. The van der Waals surface area contributed by atoms with Crippen molar-refractivity contribution in [2.45, 2.75) is 6.23 Å². The molecule has 0 unspecified atom stereocenters. The van der Waals surface area contributed by atoms with Gasteiger partial charge < -0.3 is 4.74 Å². The van der Waals surface area contributed by atoms with Crippen molar-refractivity contribution in [2.24, 2.45) is 0 Å². The van der Waals surface area contributed by atoms with Crippen molar-refractivity contribution < 1.29 is 18.3 Å². The fourth-order valence-electron chi connectivity index (χ4n) is 0.845. The van der Waals surface area contributed by atoms with Crippen molar-refractivity contribution in [2.75, 3.05) is 7.11 Å². The Morgan fingerprint density at radius 1 is 1.36 bits per heavy atom. The van der Waals surface area contributed by atoms with Crippen LogP contribution in [-0.4, -0.2) is 19.2 Å². The van der Waals surface area contributed by atoms with Gasteiger partial charge in [-0.05, 0) is 12.1 Å². The van der Waals surface area contributed by atoms with Crippen LogP contribution in [0.4, 0.5) is 8.78 Å². The quantitative estimate of drug-likeness (QED) is 0.596. The lowest BCUT2D eigenvalue weighted by Crippen LogP contribution is -2.42. The first-order chi connectivity index (χ1) is 6.55. The summed E-state index contributed by atoms with van der Waals surface area (Å²) in [5.41, 5.74) is 0.157. The summed E-state index contributed by atoms with van der Waals surface area (Å²) in [5, 5.41) is 1.43. The Labute approximate surface area is 79.7 Å². The molecule has 14 heavy (non-hydrogen) atoms. The van der Waals surface area contributed by atoms with Crippen LogP contribution in [0.5, 0.6) is 0 Å². The maximum atomic E-state index is 12.5. The number of methoxy groups -OCH3 is 1. The Bertz CT molecular complexity index is 314. The Morgan fingerprint density at radius 3 is 2.43 bits per heavy atom. The third kappa shape index (κ3) is 2.77. The number of carbonyl (C=O) groups is 1. The highest BCUT2D eigenvalue weighted by molar-refractivity contribution is 5.94. The maximum Gasteiger partial charge on any atom is 0.448 e. The molecule has 0 spiro atoms. The van der Waals surface area contributed by atoms with E-state index in [1.54, 1.807) is 18.2 Å². The molecule has 1 aromatic rings. The average Bonchev–Trinajstić information content (AvgIpc) is 2.19. The molecule has 3 nitrogen and oxygen atoms in total. The molecule has 0 heterocycles. The van der Waals surface area contributed by atoms with E-state index in [0.717, 1.165) is 7.11 Å². The van der Waals surface area contributed by atoms with Crippen molar-refractivity contribution in [1.29, 1.82) is 0 Å². The number of hydrogen-bond acceptors (Lipinski definition) is 2. The molecule has 1 aromatic carbocycles. The van der Waals surface area contributed by atoms with Gasteiger partial charge in [0.2, 0.25) is 0 Å². The molecule has 0 aliphatic rings. The topological polar surface area (TPSA) is 38.3 Å². The standard InChI is InChI=1S/C9H9F2NO2/c1-14-9(10,11)12-8(13)7-5-3-2-4-6-7/h2-6H,1H3,(H,12,13). The third-order valence-corrected chi connectivity index (χ3v) is 1.55. The van der Waals surface area contributed by atoms with Crippen LogP contribution in [0.25, 0.3) is 0 Å². The molecule has 0 aliphatic carbocycles. The molecular formula is C9H9F2NO2. The van der Waals surface area contributed by atoms with E-state index in [1.165, 1.54) is 17.4 Å². The van der Waals surface area contributed by atoms with Gasteiger partial charge in [0.15, 0.2) is 0 Å². The number of halogens is 2. The van der Waals surface area contributed by atoms with E-state index in [1.807, 2.05) is 0 Å². The van der Waals surface area contributed by atoms with Gasteiger partial charge in [-0.25, -0.2) is 0 Å². The number of ether oxygens (including phenoxy) is 1. The molecule has 0 atom stereocenters. The second kappa shape index (κ2) is 4.15. The van der Waals surface area contributed by atoms with Crippen LogP contribution in [0.2, 0.25) is 0 Å². The molecule has 0 saturated heterocycles. The lowest BCUT2D eigenvalue weighted by molar-refractivity contribution is -0.234. The lowest BCUT2D eigenvalue weighted by Gasteiger charge is -2.14. The highest BCUT2D eigenvalue weighted by Crippen LogP contribution is 2.10. The van der Waals surface area contributed by atoms with E-state index in [9.17, 15) is 13.6 Å². The summed E-state index contributed by atoms with van der Waals surface area (Å²) < 4.78 is 28.8. The molecule has 0 bridgehead atoms. The third-order valence-electron chi connectivity index (χ3n) is 1.55. The van der Waals surface area contributed by atoms with Crippen LogP contribution in [0.1, 0.15) is 10.4 Å². The number of benzene rings is 1. The van der Waals surface area contributed by atoms with E-state index in [0.29, 0.717) is 0 Å². The molecular weight excluding hydrogens is 192 g/mol. The molecule has 0 saturated carbocycles. The number of hydrogen-bond donors (Lipinski definition) is 1. The van der Waals surface area contributed by atoms with Crippen LogP contribution in [0, 0.1) is 0 Å². The van der Waals surface area contributed by atoms with Crippen molar-refractivity contribution in [3.63, 3.8) is 0 Å². The van der Waals surface area contributed by atoms with Crippen molar-refractivity contribution in [3.8, 4) is 0 Å². The smallest absolute Gasteiger partial charge is 0.305 e. The molecule has 0 aromatic heterocycles. The van der Waals surface area contributed by atoms with Crippen molar-refractivity contribution in [3.05, 3.63) is 35.9 Å². The van der Waals surface area contributed by atoms with Crippen LogP contribution in [0.15, 0.2) is 30.3 Å². The molecule has 76 valence electrons. The van der Waals surface area contributed by atoms with Gasteiger partial charge in [-0.1, -0.05) is 18.2 Å². The number of alkyl halides is 2. The first-order valence-electron chi connectivity index (χ1n) is 3.86. The zero-order chi connectivity index (χ0) is 10.6. The van der Waals surface area contributed by atoms with Crippen LogP contribution in [-0.2, 0) is 4.74 Å². The minimum absolute atomic E-state index is 0.157. The Hall–Kier alpha value is -1.49. The summed E-state index contributed by atoms with van der Waals surface area (Å²) in [6.07, 6.45) is -3.63. The molecule has 1 N–H and O–H groups in total. The predicted molar refractivity (Wildman–Crippen MR) is 45.9 cm³/mol. The molecule has 0 radical (unpaired) electrons. The fourth-order valence-corrected chi connectivity index (χ4v) is 0.845. The van der Waals surface area contributed by atoms with E-state index < -0.39 is 12.1 Å². The number of carbonyl (C=O) groups excluding carboxylic acids is 1. The van der Waals surface area contributed by atoms with Gasteiger partial charge in [0.05, 0.1) is 0 Å². The van der Waals surface area contributed by atoms with Crippen LogP contribution in [0.3, 0.4) is 0 Å². The first kappa shape index (κ1) is 10.6. The Kier molecular flexibility index (Phi) is 3.14. The summed E-state index contributed by atoms with van der Waals surface area (Å²) in [4.78, 5) is 11.1. The maximum absolute atomic E-state index is 12.5. The number of nitrogens with one attached hydrogen (secondary N) is 1. The fraction of sp³-hybridized carbons (Fsp3) is 0.222. The predicted octanol–water partition coefficient (Wildman–Crippen LogP) is 1.61. The Balaban J connectivity index is 2.69. The molecule has 1 rings (SSSR count). The zero-order valence-corrected chi connectivity index (χ0v) is 7.46. The van der Waals surface area contributed by atoms with E-state index in [2.05, 4.69) is 4.74 Å². The zero-order valence-electron chi connectivity index (χ0n) is 7.46. The minimum atomic E-state index is -3.63. The van der Waals surface area contributed by atoms with Gasteiger partial charge in [0.25, 0.3) is 5.91 Å². The largest absolute Gasteiger partial charge is 0.448 e. The summed E-state index contributed by atoms with van der Waals surface area (Å²) in [5.74, 6) is -0.877.